The lowest BCUT2D eigenvalue weighted by atomic mass is 10.2. The summed E-state index contributed by atoms with van der Waals surface area (Å²) in [5, 5.41) is 4.59. The molecule has 0 bridgehead atoms. The van der Waals surface area contributed by atoms with Crippen molar-refractivity contribution in [1.82, 2.24) is 14.8 Å². The van der Waals surface area contributed by atoms with Gasteiger partial charge in [-0.2, -0.15) is 5.10 Å². The maximum atomic E-state index is 5.68. The van der Waals surface area contributed by atoms with Crippen LogP contribution in [0.1, 0.15) is 35.7 Å². The molecule has 1 fully saturated rings. The van der Waals surface area contributed by atoms with Crippen LogP contribution < -0.4 is 5.73 Å². The van der Waals surface area contributed by atoms with Crippen LogP contribution in [0.2, 0.25) is 0 Å². The topological polar surface area (TPSA) is 56.7 Å². The molecular formula is C13H16N4. The molecule has 0 aliphatic heterocycles. The lowest BCUT2D eigenvalue weighted by Crippen LogP contribution is -2.08. The van der Waals surface area contributed by atoms with Crippen molar-refractivity contribution in [2.75, 3.05) is 0 Å². The van der Waals surface area contributed by atoms with Gasteiger partial charge in [-0.25, -0.2) is 0 Å². The Morgan fingerprint density at radius 3 is 3.00 bits per heavy atom. The zero-order valence-corrected chi connectivity index (χ0v) is 9.71. The van der Waals surface area contributed by atoms with Crippen molar-refractivity contribution in [2.45, 2.75) is 31.8 Å². The monoisotopic (exact) mass is 228 g/mol. The van der Waals surface area contributed by atoms with Crippen LogP contribution in [0.25, 0.3) is 0 Å². The van der Waals surface area contributed by atoms with Crippen molar-refractivity contribution in [3.05, 3.63) is 47.5 Å². The van der Waals surface area contributed by atoms with Crippen LogP contribution in [-0.4, -0.2) is 14.8 Å². The number of pyridine rings is 1. The highest BCUT2D eigenvalue weighted by molar-refractivity contribution is 5.20. The molecule has 17 heavy (non-hydrogen) atoms. The fourth-order valence-corrected chi connectivity index (χ4v) is 2.04. The van der Waals surface area contributed by atoms with Crippen LogP contribution in [0.5, 0.6) is 0 Å². The molecule has 2 N–H and O–H groups in total. The van der Waals surface area contributed by atoms with Gasteiger partial charge in [0, 0.05) is 24.9 Å². The number of nitrogens with two attached hydrogens (primary N) is 1. The Labute approximate surface area is 100 Å². The molecule has 4 heteroatoms. The van der Waals surface area contributed by atoms with E-state index in [1.165, 1.54) is 18.5 Å². The molecule has 3 rings (SSSR count). The van der Waals surface area contributed by atoms with E-state index in [9.17, 15) is 0 Å². The Kier molecular flexibility index (Phi) is 2.65. The Balaban J connectivity index is 1.80. The average molecular weight is 228 g/mol. The van der Waals surface area contributed by atoms with Gasteiger partial charge in [0.1, 0.15) is 0 Å². The summed E-state index contributed by atoms with van der Waals surface area (Å²) in [6.45, 7) is 1.24. The molecule has 4 nitrogen and oxygen atoms in total. The minimum absolute atomic E-state index is 0.479. The minimum Gasteiger partial charge on any atom is -0.325 e. The molecule has 2 heterocycles. The van der Waals surface area contributed by atoms with Gasteiger partial charge < -0.3 is 5.73 Å². The molecule has 1 aliphatic rings. The minimum atomic E-state index is 0.479. The van der Waals surface area contributed by atoms with E-state index in [1.807, 2.05) is 16.9 Å². The molecule has 1 saturated carbocycles. The molecule has 88 valence electrons. The van der Waals surface area contributed by atoms with E-state index in [0.717, 1.165) is 17.8 Å². The number of nitrogens with zero attached hydrogens (tertiary/aromatic N) is 3. The molecule has 0 atom stereocenters. The van der Waals surface area contributed by atoms with Crippen molar-refractivity contribution in [1.29, 1.82) is 0 Å². The first-order chi connectivity index (χ1) is 8.36. The summed E-state index contributed by atoms with van der Waals surface area (Å²) in [6, 6.07) is 6.13. The zero-order valence-electron chi connectivity index (χ0n) is 9.71. The van der Waals surface area contributed by atoms with Gasteiger partial charge in [0.2, 0.25) is 0 Å². The molecule has 2 aromatic heterocycles. The summed E-state index contributed by atoms with van der Waals surface area (Å²) in [7, 11) is 0. The van der Waals surface area contributed by atoms with Gasteiger partial charge in [-0.1, -0.05) is 6.07 Å². The van der Waals surface area contributed by atoms with E-state index in [1.54, 1.807) is 6.20 Å². The van der Waals surface area contributed by atoms with Crippen LogP contribution in [0, 0.1) is 0 Å². The lowest BCUT2D eigenvalue weighted by molar-refractivity contribution is 0.663. The fraction of sp³-hybridized carbons (Fsp3) is 0.385. The van der Waals surface area contributed by atoms with E-state index in [2.05, 4.69) is 22.2 Å². The highest BCUT2D eigenvalue weighted by atomic mass is 15.3. The van der Waals surface area contributed by atoms with E-state index in [4.69, 9.17) is 5.73 Å². The fourth-order valence-electron chi connectivity index (χ4n) is 2.04. The average Bonchev–Trinajstić information content (AvgIpc) is 3.11. The van der Waals surface area contributed by atoms with Gasteiger partial charge in [0.25, 0.3) is 0 Å². The van der Waals surface area contributed by atoms with Crippen molar-refractivity contribution in [2.24, 2.45) is 5.73 Å². The Morgan fingerprint density at radius 1 is 1.35 bits per heavy atom. The van der Waals surface area contributed by atoms with Gasteiger partial charge >= 0.3 is 0 Å². The van der Waals surface area contributed by atoms with Crippen LogP contribution in [-0.2, 0) is 13.1 Å². The van der Waals surface area contributed by atoms with E-state index in [-0.39, 0.29) is 0 Å². The van der Waals surface area contributed by atoms with Crippen LogP contribution >= 0.6 is 0 Å². The smallest absolute Gasteiger partial charge is 0.0677 e. The molecule has 0 unspecified atom stereocenters. The largest absolute Gasteiger partial charge is 0.325 e. The molecular weight excluding hydrogens is 212 g/mol. The maximum absolute atomic E-state index is 5.68. The second-order valence-electron chi connectivity index (χ2n) is 4.53. The summed E-state index contributed by atoms with van der Waals surface area (Å²) in [5.41, 5.74) is 9.01. The Morgan fingerprint density at radius 2 is 2.24 bits per heavy atom. The van der Waals surface area contributed by atoms with Gasteiger partial charge in [-0.15, -0.1) is 0 Å². The van der Waals surface area contributed by atoms with Gasteiger partial charge in [0.15, 0.2) is 0 Å². The summed E-state index contributed by atoms with van der Waals surface area (Å²) in [4.78, 5) is 4.28. The molecule has 2 aromatic rings. The zero-order chi connectivity index (χ0) is 11.7. The number of rotatable bonds is 4. The summed E-state index contributed by atoms with van der Waals surface area (Å²) < 4.78 is 1.98. The van der Waals surface area contributed by atoms with Crippen LogP contribution in [0.3, 0.4) is 0 Å². The normalized spacial score (nSPS) is 15.1. The molecule has 0 saturated heterocycles. The Bertz CT molecular complexity index is 514. The van der Waals surface area contributed by atoms with Crippen LogP contribution in [0.15, 0.2) is 30.6 Å². The Hall–Kier alpha value is -1.68. The highest BCUT2D eigenvalue weighted by Gasteiger charge is 2.25. The third-order valence-electron chi connectivity index (χ3n) is 3.17. The lowest BCUT2D eigenvalue weighted by Gasteiger charge is -2.06. The van der Waals surface area contributed by atoms with Gasteiger partial charge in [-0.3, -0.25) is 9.67 Å². The van der Waals surface area contributed by atoms with Crippen molar-refractivity contribution < 1.29 is 0 Å². The summed E-state index contributed by atoms with van der Waals surface area (Å²) in [5.74, 6) is 0.708. The second-order valence-corrected chi connectivity index (χ2v) is 4.53. The number of hydrogen-bond donors (Lipinski definition) is 1. The van der Waals surface area contributed by atoms with Gasteiger partial charge in [0.05, 0.1) is 17.9 Å². The van der Waals surface area contributed by atoms with E-state index >= 15 is 0 Å². The standard InChI is InChI=1S/C13H16N4/c14-8-13-11(2-1-6-15-13)9-17-7-5-12(16-17)10-3-4-10/h1-2,5-7,10H,3-4,8-9,14H2. The third kappa shape index (κ3) is 2.22. The quantitative estimate of drug-likeness (QED) is 0.866. The van der Waals surface area contributed by atoms with Gasteiger partial charge in [-0.05, 0) is 30.5 Å². The predicted octanol–water partition coefficient (Wildman–Crippen LogP) is 1.66. The summed E-state index contributed by atoms with van der Waals surface area (Å²) in [6.07, 6.45) is 6.40. The predicted molar refractivity (Wildman–Crippen MR) is 65.4 cm³/mol. The molecule has 0 aromatic carbocycles. The van der Waals surface area contributed by atoms with E-state index < -0.39 is 0 Å². The molecule has 0 radical (unpaired) electrons. The number of aromatic nitrogens is 3. The second kappa shape index (κ2) is 4.30. The first-order valence-electron chi connectivity index (χ1n) is 6.03. The van der Waals surface area contributed by atoms with Crippen molar-refractivity contribution in [3.8, 4) is 0 Å². The molecule has 0 spiro atoms. The molecule has 1 aliphatic carbocycles. The molecule has 0 amide bonds. The SMILES string of the molecule is NCc1ncccc1Cn1ccc(C2CC2)n1. The van der Waals surface area contributed by atoms with Crippen molar-refractivity contribution in [3.63, 3.8) is 0 Å². The third-order valence-corrected chi connectivity index (χ3v) is 3.17. The maximum Gasteiger partial charge on any atom is 0.0677 e. The van der Waals surface area contributed by atoms with E-state index in [0.29, 0.717) is 12.5 Å². The highest BCUT2D eigenvalue weighted by Crippen LogP contribution is 2.38. The van der Waals surface area contributed by atoms with Crippen LogP contribution in [0.4, 0.5) is 0 Å². The van der Waals surface area contributed by atoms with Crippen molar-refractivity contribution >= 4 is 0 Å². The number of hydrogen-bond acceptors (Lipinski definition) is 3. The summed E-state index contributed by atoms with van der Waals surface area (Å²) >= 11 is 0. The first kappa shape index (κ1) is 10.5. The first-order valence-corrected chi connectivity index (χ1v) is 6.03.